The second-order valence-electron chi connectivity index (χ2n) is 6.07. The van der Waals surface area contributed by atoms with Crippen LogP contribution in [0.3, 0.4) is 0 Å². The van der Waals surface area contributed by atoms with E-state index in [4.69, 9.17) is 0 Å². The number of aryl methyl sites for hydroxylation is 1. The summed E-state index contributed by atoms with van der Waals surface area (Å²) in [6.45, 7) is 3.34. The van der Waals surface area contributed by atoms with Crippen LogP contribution in [-0.2, 0) is 21.2 Å². The number of rotatable bonds is 5. The van der Waals surface area contributed by atoms with Gasteiger partial charge in [0.05, 0.1) is 0 Å². The molecule has 7 heteroatoms. The standard InChI is InChI=1S/C15H22N2O3S2/c1-2-13-5-6-14(21-13)22(19,20)16-12-7-9-17(10-8-12)15(18)11-3-4-11/h5-6,11-12,16H,2-4,7-10H2,1H3. The zero-order chi connectivity index (χ0) is 15.7. The highest BCUT2D eigenvalue weighted by Gasteiger charge is 2.35. The first kappa shape index (κ1) is 16.0. The first-order valence-electron chi connectivity index (χ1n) is 7.89. The summed E-state index contributed by atoms with van der Waals surface area (Å²) in [6, 6.07) is 3.48. The molecule has 1 aliphatic heterocycles. The summed E-state index contributed by atoms with van der Waals surface area (Å²) in [7, 11) is -3.43. The molecule has 0 unspecified atom stereocenters. The van der Waals surface area contributed by atoms with Crippen LogP contribution in [0.2, 0.25) is 0 Å². The molecule has 2 aliphatic rings. The van der Waals surface area contributed by atoms with E-state index in [0.29, 0.717) is 30.1 Å². The van der Waals surface area contributed by atoms with Gasteiger partial charge in [-0.2, -0.15) is 0 Å². The number of nitrogens with one attached hydrogen (secondary N) is 1. The Hall–Kier alpha value is -0.920. The number of piperidine rings is 1. The quantitative estimate of drug-likeness (QED) is 0.890. The molecule has 0 atom stereocenters. The van der Waals surface area contributed by atoms with Crippen molar-refractivity contribution >= 4 is 27.3 Å². The average molecular weight is 342 g/mol. The maximum absolute atomic E-state index is 12.4. The molecular weight excluding hydrogens is 320 g/mol. The number of hydrogen-bond donors (Lipinski definition) is 1. The summed E-state index contributed by atoms with van der Waals surface area (Å²) in [4.78, 5) is 15.0. The summed E-state index contributed by atoms with van der Waals surface area (Å²) in [6.07, 6.45) is 4.28. The first-order chi connectivity index (χ1) is 10.5. The van der Waals surface area contributed by atoms with Crippen molar-refractivity contribution in [1.82, 2.24) is 9.62 Å². The molecule has 0 spiro atoms. The van der Waals surface area contributed by atoms with Gasteiger partial charge in [-0.1, -0.05) is 6.92 Å². The maximum atomic E-state index is 12.4. The van der Waals surface area contributed by atoms with Gasteiger partial charge in [-0.15, -0.1) is 11.3 Å². The maximum Gasteiger partial charge on any atom is 0.250 e. The smallest absolute Gasteiger partial charge is 0.250 e. The van der Waals surface area contributed by atoms with Crippen molar-refractivity contribution in [3.63, 3.8) is 0 Å². The largest absolute Gasteiger partial charge is 0.342 e. The minimum Gasteiger partial charge on any atom is -0.342 e. The van der Waals surface area contributed by atoms with Gasteiger partial charge in [0.1, 0.15) is 4.21 Å². The zero-order valence-electron chi connectivity index (χ0n) is 12.7. The minimum absolute atomic E-state index is 0.0690. The highest BCUT2D eigenvalue weighted by atomic mass is 32.2. The molecule has 3 rings (SSSR count). The van der Waals surface area contributed by atoms with Crippen molar-refractivity contribution in [3.8, 4) is 0 Å². The molecule has 1 saturated heterocycles. The lowest BCUT2D eigenvalue weighted by molar-refractivity contribution is -0.133. The summed E-state index contributed by atoms with van der Waals surface area (Å²) in [5.41, 5.74) is 0. The molecule has 0 aromatic carbocycles. The Morgan fingerprint density at radius 3 is 2.50 bits per heavy atom. The Labute approximate surface area is 135 Å². The molecule has 1 aromatic heterocycles. The fourth-order valence-corrected chi connectivity index (χ4v) is 5.39. The topological polar surface area (TPSA) is 66.5 Å². The summed E-state index contributed by atoms with van der Waals surface area (Å²) in [5.74, 6) is 0.499. The molecule has 122 valence electrons. The molecule has 1 aliphatic carbocycles. The van der Waals surface area contributed by atoms with E-state index in [0.717, 1.165) is 24.1 Å². The summed E-state index contributed by atoms with van der Waals surface area (Å²) < 4.78 is 28.0. The van der Waals surface area contributed by atoms with Gasteiger partial charge in [0.15, 0.2) is 0 Å². The van der Waals surface area contributed by atoms with Crippen molar-refractivity contribution in [2.75, 3.05) is 13.1 Å². The van der Waals surface area contributed by atoms with E-state index in [1.165, 1.54) is 11.3 Å². The van der Waals surface area contributed by atoms with E-state index in [2.05, 4.69) is 4.72 Å². The van der Waals surface area contributed by atoms with Gasteiger partial charge in [-0.05, 0) is 44.2 Å². The van der Waals surface area contributed by atoms with Crippen LogP contribution in [-0.4, -0.2) is 38.4 Å². The van der Waals surface area contributed by atoms with Gasteiger partial charge < -0.3 is 4.90 Å². The predicted molar refractivity (Wildman–Crippen MR) is 86.3 cm³/mol. The molecule has 2 fully saturated rings. The van der Waals surface area contributed by atoms with Crippen molar-refractivity contribution in [2.45, 2.75) is 49.3 Å². The molecule has 0 radical (unpaired) electrons. The van der Waals surface area contributed by atoms with Crippen LogP contribution in [0.1, 0.15) is 37.5 Å². The molecule has 0 bridgehead atoms. The third kappa shape index (κ3) is 3.52. The van der Waals surface area contributed by atoms with Gasteiger partial charge >= 0.3 is 0 Å². The second kappa shape index (κ2) is 6.29. The molecule has 2 heterocycles. The van der Waals surface area contributed by atoms with Crippen LogP contribution in [0.5, 0.6) is 0 Å². The van der Waals surface area contributed by atoms with E-state index < -0.39 is 10.0 Å². The lowest BCUT2D eigenvalue weighted by Crippen LogP contribution is -2.46. The Morgan fingerprint density at radius 1 is 1.27 bits per heavy atom. The van der Waals surface area contributed by atoms with Gasteiger partial charge in [-0.25, -0.2) is 13.1 Å². The Bertz CT molecular complexity index is 641. The van der Waals surface area contributed by atoms with Crippen molar-refractivity contribution < 1.29 is 13.2 Å². The van der Waals surface area contributed by atoms with Crippen LogP contribution in [0.15, 0.2) is 16.3 Å². The molecule has 1 N–H and O–H groups in total. The highest BCUT2D eigenvalue weighted by molar-refractivity contribution is 7.91. The van der Waals surface area contributed by atoms with Gasteiger partial charge in [0, 0.05) is 29.9 Å². The van der Waals surface area contributed by atoms with E-state index in [-0.39, 0.29) is 17.9 Å². The number of nitrogens with zero attached hydrogens (tertiary/aromatic N) is 1. The zero-order valence-corrected chi connectivity index (χ0v) is 14.4. The van der Waals surface area contributed by atoms with Crippen LogP contribution >= 0.6 is 11.3 Å². The first-order valence-corrected chi connectivity index (χ1v) is 10.2. The molecular formula is C15H22N2O3S2. The molecule has 1 amide bonds. The second-order valence-corrected chi connectivity index (χ2v) is 9.18. The SMILES string of the molecule is CCc1ccc(S(=O)(=O)NC2CCN(C(=O)C3CC3)CC2)s1. The van der Waals surface area contributed by atoms with Crippen LogP contribution in [0.25, 0.3) is 0 Å². The number of likely N-dealkylation sites (tertiary alicyclic amines) is 1. The van der Waals surface area contributed by atoms with E-state index in [1.807, 2.05) is 17.9 Å². The van der Waals surface area contributed by atoms with Crippen LogP contribution in [0, 0.1) is 5.92 Å². The van der Waals surface area contributed by atoms with Crippen molar-refractivity contribution in [3.05, 3.63) is 17.0 Å². The van der Waals surface area contributed by atoms with Crippen molar-refractivity contribution in [2.24, 2.45) is 5.92 Å². The number of hydrogen-bond acceptors (Lipinski definition) is 4. The Balaban J connectivity index is 1.56. The normalized spacial score (nSPS) is 20.3. The van der Waals surface area contributed by atoms with Crippen LogP contribution in [0.4, 0.5) is 0 Å². The highest BCUT2D eigenvalue weighted by Crippen LogP contribution is 2.32. The molecule has 1 saturated carbocycles. The lowest BCUT2D eigenvalue weighted by Gasteiger charge is -2.32. The Morgan fingerprint density at radius 2 is 1.95 bits per heavy atom. The number of thiophene rings is 1. The number of carbonyl (C=O) groups excluding carboxylic acids is 1. The molecule has 5 nitrogen and oxygen atoms in total. The number of carbonyl (C=O) groups is 1. The fourth-order valence-electron chi connectivity index (χ4n) is 2.78. The van der Waals surface area contributed by atoms with E-state index in [9.17, 15) is 13.2 Å². The van der Waals surface area contributed by atoms with Crippen LogP contribution < -0.4 is 4.72 Å². The average Bonchev–Trinajstić information content (AvgIpc) is 3.23. The van der Waals surface area contributed by atoms with E-state index in [1.54, 1.807) is 6.07 Å². The number of amides is 1. The minimum atomic E-state index is -3.43. The van der Waals surface area contributed by atoms with Gasteiger partial charge in [0.25, 0.3) is 0 Å². The molecule has 1 aromatic rings. The third-order valence-electron chi connectivity index (χ3n) is 4.31. The summed E-state index contributed by atoms with van der Waals surface area (Å²) >= 11 is 1.33. The number of sulfonamides is 1. The summed E-state index contributed by atoms with van der Waals surface area (Å²) in [5, 5.41) is 0. The Kier molecular flexibility index (Phi) is 4.56. The van der Waals surface area contributed by atoms with Gasteiger partial charge in [0.2, 0.25) is 15.9 Å². The van der Waals surface area contributed by atoms with E-state index >= 15 is 0 Å². The third-order valence-corrected chi connectivity index (χ3v) is 7.55. The molecule has 22 heavy (non-hydrogen) atoms. The lowest BCUT2D eigenvalue weighted by atomic mass is 10.1. The van der Waals surface area contributed by atoms with Crippen molar-refractivity contribution in [1.29, 1.82) is 0 Å². The predicted octanol–water partition coefficient (Wildman–Crippen LogP) is 1.99. The fraction of sp³-hybridized carbons (Fsp3) is 0.667. The van der Waals surface area contributed by atoms with Gasteiger partial charge in [-0.3, -0.25) is 4.79 Å². The monoisotopic (exact) mass is 342 g/mol.